The summed E-state index contributed by atoms with van der Waals surface area (Å²) in [6.07, 6.45) is -1.37. The normalized spacial score (nSPS) is 16.6. The van der Waals surface area contributed by atoms with E-state index in [0.29, 0.717) is 22.6 Å². The molecule has 37 heavy (non-hydrogen) atoms. The predicted octanol–water partition coefficient (Wildman–Crippen LogP) is 2.43. The lowest BCUT2D eigenvalue weighted by Gasteiger charge is -2.46. The highest BCUT2D eigenvalue weighted by Gasteiger charge is 2.43. The minimum atomic E-state index is -4.42. The zero-order valence-corrected chi connectivity index (χ0v) is 19.9. The van der Waals surface area contributed by atoms with Gasteiger partial charge < -0.3 is 15.1 Å². The van der Waals surface area contributed by atoms with E-state index in [9.17, 15) is 13.2 Å². The summed E-state index contributed by atoms with van der Waals surface area (Å²) in [6, 6.07) is 9.80. The summed E-state index contributed by atoms with van der Waals surface area (Å²) in [4.78, 5) is 16.0. The summed E-state index contributed by atoms with van der Waals surface area (Å²) >= 11 is 0. The van der Waals surface area contributed by atoms with Crippen molar-refractivity contribution in [1.29, 1.82) is 0 Å². The number of pyridine rings is 1. The van der Waals surface area contributed by atoms with E-state index in [-0.39, 0.29) is 24.4 Å². The molecule has 10 radical (unpaired) electrons. The molecule has 2 aromatic heterocycles. The van der Waals surface area contributed by atoms with Gasteiger partial charge in [-0.05, 0) is 42.1 Å². The molecule has 1 aliphatic rings. The summed E-state index contributed by atoms with van der Waals surface area (Å²) in [5, 5.41) is -0.190. The Balaban J connectivity index is 1.50. The first-order valence-corrected chi connectivity index (χ1v) is 11.1. The van der Waals surface area contributed by atoms with Crippen molar-refractivity contribution in [3.8, 4) is 11.1 Å². The molecular formula is C23H18B5F3N6. The summed E-state index contributed by atoms with van der Waals surface area (Å²) in [5.41, 5.74) is 0.878. The fourth-order valence-electron chi connectivity index (χ4n) is 4.12. The number of benzene rings is 1. The van der Waals surface area contributed by atoms with Gasteiger partial charge in [-0.2, -0.15) is 18.2 Å². The predicted molar refractivity (Wildman–Crippen MR) is 141 cm³/mol. The Morgan fingerprint density at radius 3 is 2.38 bits per heavy atom. The SMILES string of the molecule is [B]C([B])([B])N1C(=C)N(c2ccnc(NC(C)c3ccc(-c4cccc(C(F)(F)F)c4)cn3)n2)CC1([B])[B]. The number of hydrogen-bond donors (Lipinski definition) is 1. The number of aromatic nitrogens is 3. The first kappa shape index (κ1) is 26.8. The Morgan fingerprint density at radius 2 is 1.78 bits per heavy atom. The molecule has 3 heterocycles. The van der Waals surface area contributed by atoms with E-state index in [2.05, 4.69) is 26.8 Å². The molecule has 0 saturated carbocycles. The van der Waals surface area contributed by atoms with Crippen LogP contribution in [0.15, 0.2) is 67.3 Å². The molecule has 4 rings (SSSR count). The van der Waals surface area contributed by atoms with Crippen LogP contribution in [0.25, 0.3) is 11.1 Å². The molecule has 1 aliphatic heterocycles. The van der Waals surface area contributed by atoms with Crippen LogP contribution < -0.4 is 10.2 Å². The van der Waals surface area contributed by atoms with E-state index < -0.39 is 22.3 Å². The lowest BCUT2D eigenvalue weighted by molar-refractivity contribution is -0.137. The van der Waals surface area contributed by atoms with Gasteiger partial charge in [-0.25, -0.2) is 4.98 Å². The third kappa shape index (κ3) is 5.68. The Labute approximate surface area is 220 Å². The third-order valence-corrected chi connectivity index (χ3v) is 5.80. The Hall–Kier alpha value is -3.30. The number of halogens is 3. The van der Waals surface area contributed by atoms with E-state index >= 15 is 0 Å². The second-order valence-corrected chi connectivity index (χ2v) is 8.87. The molecule has 1 atom stereocenters. The maximum Gasteiger partial charge on any atom is 0.416 e. The zero-order valence-electron chi connectivity index (χ0n) is 19.9. The van der Waals surface area contributed by atoms with Gasteiger partial charge >= 0.3 is 6.18 Å². The molecule has 1 N–H and O–H groups in total. The highest BCUT2D eigenvalue weighted by molar-refractivity contribution is 6.60. The topological polar surface area (TPSA) is 57.2 Å². The van der Waals surface area contributed by atoms with Crippen molar-refractivity contribution in [3.05, 3.63) is 78.5 Å². The maximum absolute atomic E-state index is 13.0. The lowest BCUT2D eigenvalue weighted by Crippen LogP contribution is -2.60. The molecule has 1 aromatic carbocycles. The highest BCUT2D eigenvalue weighted by Crippen LogP contribution is 2.35. The standard InChI is InChI=1S/C23H18B5F3N6/c1-13(18-7-6-16(11-33-18)15-4-3-5-17(10-15)22(29,30)31)34-20-32-9-8-19(35-20)36-12-21(24,25)37(14(36)2)23(26,27)28/h3-11,13H,2,12H2,1H3,(H,32,34,35). The van der Waals surface area contributed by atoms with Gasteiger partial charge in [0, 0.05) is 24.5 Å². The summed E-state index contributed by atoms with van der Waals surface area (Å²) in [5.74, 6) is 0.968. The van der Waals surface area contributed by atoms with Crippen LogP contribution in [0.5, 0.6) is 0 Å². The van der Waals surface area contributed by atoms with Crippen LogP contribution in [0.1, 0.15) is 24.2 Å². The molecular weight excluding hydrogens is 471 g/mol. The van der Waals surface area contributed by atoms with Crippen LogP contribution in [0.3, 0.4) is 0 Å². The van der Waals surface area contributed by atoms with Gasteiger partial charge in [-0.15, -0.1) is 0 Å². The highest BCUT2D eigenvalue weighted by atomic mass is 19.4. The number of alkyl halides is 3. The van der Waals surface area contributed by atoms with Crippen molar-refractivity contribution in [2.24, 2.45) is 0 Å². The van der Waals surface area contributed by atoms with Crippen LogP contribution in [0.2, 0.25) is 0 Å². The van der Waals surface area contributed by atoms with Gasteiger partial charge in [0.05, 0.1) is 62.4 Å². The Kier molecular flexibility index (Phi) is 6.90. The molecule has 176 valence electrons. The van der Waals surface area contributed by atoms with Crippen molar-refractivity contribution in [1.82, 2.24) is 19.9 Å². The van der Waals surface area contributed by atoms with Crippen LogP contribution in [0, 0.1) is 0 Å². The average molecular weight is 489 g/mol. The van der Waals surface area contributed by atoms with Gasteiger partial charge in [-0.3, -0.25) is 4.98 Å². The van der Waals surface area contributed by atoms with Crippen molar-refractivity contribution in [2.45, 2.75) is 29.7 Å². The number of rotatable bonds is 6. The molecule has 0 aliphatic carbocycles. The second kappa shape index (κ2) is 9.54. The van der Waals surface area contributed by atoms with Crippen molar-refractivity contribution in [2.75, 3.05) is 16.8 Å². The quantitative estimate of drug-likeness (QED) is 0.537. The second-order valence-electron chi connectivity index (χ2n) is 8.87. The van der Waals surface area contributed by atoms with Crippen molar-refractivity contribution in [3.63, 3.8) is 0 Å². The van der Waals surface area contributed by atoms with E-state index in [1.165, 1.54) is 23.4 Å². The number of nitrogens with one attached hydrogen (secondary N) is 1. The summed E-state index contributed by atoms with van der Waals surface area (Å²) in [7, 11) is 29.7. The number of hydrogen-bond acceptors (Lipinski definition) is 6. The monoisotopic (exact) mass is 490 g/mol. The zero-order chi connectivity index (χ0) is 27.2. The lowest BCUT2D eigenvalue weighted by atomic mass is 9.45. The molecule has 0 bridgehead atoms. The fraction of sp³-hybridized carbons (Fsp3) is 0.261. The molecule has 14 heteroatoms. The molecule has 1 unspecified atom stereocenters. The van der Waals surface area contributed by atoms with Crippen LogP contribution in [-0.4, -0.2) is 76.2 Å². The maximum atomic E-state index is 13.0. The van der Waals surface area contributed by atoms with Gasteiger partial charge in [0.15, 0.2) is 0 Å². The first-order valence-electron chi connectivity index (χ1n) is 11.1. The van der Waals surface area contributed by atoms with Gasteiger partial charge in [-0.1, -0.05) is 30.0 Å². The molecule has 1 fully saturated rings. The van der Waals surface area contributed by atoms with Crippen molar-refractivity contribution < 1.29 is 13.2 Å². The van der Waals surface area contributed by atoms with E-state index in [1.54, 1.807) is 29.2 Å². The summed E-state index contributed by atoms with van der Waals surface area (Å²) in [6.45, 7) is 5.85. The average Bonchev–Trinajstić information content (AvgIpc) is 3.07. The largest absolute Gasteiger partial charge is 0.416 e. The van der Waals surface area contributed by atoms with Crippen LogP contribution in [-0.2, 0) is 6.18 Å². The van der Waals surface area contributed by atoms with Crippen LogP contribution >= 0.6 is 0 Å². The smallest absolute Gasteiger partial charge is 0.388 e. The minimum absolute atomic E-state index is 0.0593. The first-order chi connectivity index (χ1) is 17.2. The molecule has 0 amide bonds. The third-order valence-electron chi connectivity index (χ3n) is 5.80. The fourth-order valence-corrected chi connectivity index (χ4v) is 4.12. The van der Waals surface area contributed by atoms with E-state index in [0.717, 1.165) is 12.1 Å². The van der Waals surface area contributed by atoms with Crippen LogP contribution in [0.4, 0.5) is 24.9 Å². The number of anilines is 2. The Morgan fingerprint density at radius 1 is 1.05 bits per heavy atom. The van der Waals surface area contributed by atoms with Gasteiger partial charge in [0.25, 0.3) is 0 Å². The molecule has 0 spiro atoms. The van der Waals surface area contributed by atoms with Gasteiger partial charge in [0.1, 0.15) is 5.82 Å². The molecule has 6 nitrogen and oxygen atoms in total. The van der Waals surface area contributed by atoms with Gasteiger partial charge in [0.2, 0.25) is 5.95 Å². The summed E-state index contributed by atoms with van der Waals surface area (Å²) < 4.78 is 39.1. The van der Waals surface area contributed by atoms with E-state index in [4.69, 9.17) is 39.2 Å². The van der Waals surface area contributed by atoms with Crippen molar-refractivity contribution >= 4 is 51.0 Å². The minimum Gasteiger partial charge on any atom is -0.388 e. The Bertz CT molecular complexity index is 1300. The number of nitrogens with zero attached hydrogens (tertiary/aromatic N) is 5. The van der Waals surface area contributed by atoms with E-state index in [1.807, 2.05) is 6.92 Å². The molecule has 3 aromatic rings. The molecule has 1 saturated heterocycles.